The van der Waals surface area contributed by atoms with Gasteiger partial charge in [0.25, 0.3) is 0 Å². The standard InChI is InChI=1S/C8H18N2OS/c1-12-5-3-10-2-4-11-7-8(10)6-9/h8H,2-7,9H2,1H3. The summed E-state index contributed by atoms with van der Waals surface area (Å²) < 4.78 is 5.35. The second-order valence-corrected chi connectivity index (χ2v) is 3.98. The van der Waals surface area contributed by atoms with E-state index in [4.69, 9.17) is 10.5 Å². The smallest absolute Gasteiger partial charge is 0.0634 e. The minimum absolute atomic E-state index is 0.450. The molecule has 0 radical (unpaired) electrons. The molecule has 1 atom stereocenters. The Morgan fingerprint density at radius 1 is 1.67 bits per heavy atom. The van der Waals surface area contributed by atoms with Gasteiger partial charge in [0, 0.05) is 31.4 Å². The van der Waals surface area contributed by atoms with Crippen LogP contribution in [0.3, 0.4) is 0 Å². The molecular formula is C8H18N2OS. The number of nitrogens with zero attached hydrogens (tertiary/aromatic N) is 1. The molecule has 1 aliphatic heterocycles. The summed E-state index contributed by atoms with van der Waals surface area (Å²) in [6.45, 7) is 4.58. The van der Waals surface area contributed by atoms with E-state index >= 15 is 0 Å². The van der Waals surface area contributed by atoms with Crippen molar-refractivity contribution < 1.29 is 4.74 Å². The van der Waals surface area contributed by atoms with Gasteiger partial charge in [-0.15, -0.1) is 0 Å². The van der Waals surface area contributed by atoms with Crippen molar-refractivity contribution in [1.82, 2.24) is 4.90 Å². The Morgan fingerprint density at radius 2 is 2.50 bits per heavy atom. The lowest BCUT2D eigenvalue weighted by molar-refractivity contribution is -0.000575. The number of thioether (sulfide) groups is 1. The van der Waals surface area contributed by atoms with Crippen molar-refractivity contribution in [3.8, 4) is 0 Å². The first-order chi connectivity index (χ1) is 5.88. The predicted molar refractivity (Wildman–Crippen MR) is 53.6 cm³/mol. The van der Waals surface area contributed by atoms with Crippen LogP contribution >= 0.6 is 11.8 Å². The topological polar surface area (TPSA) is 38.5 Å². The van der Waals surface area contributed by atoms with Crippen LogP contribution in [-0.4, -0.2) is 55.8 Å². The molecule has 0 aromatic heterocycles. The van der Waals surface area contributed by atoms with E-state index in [1.54, 1.807) is 0 Å². The largest absolute Gasteiger partial charge is 0.378 e. The maximum atomic E-state index is 5.64. The maximum absolute atomic E-state index is 5.64. The zero-order valence-electron chi connectivity index (χ0n) is 7.66. The molecule has 0 spiro atoms. The highest BCUT2D eigenvalue weighted by molar-refractivity contribution is 7.98. The molecule has 0 aliphatic carbocycles. The van der Waals surface area contributed by atoms with Gasteiger partial charge < -0.3 is 10.5 Å². The molecule has 2 N–H and O–H groups in total. The van der Waals surface area contributed by atoms with Crippen LogP contribution in [0.1, 0.15) is 0 Å². The van der Waals surface area contributed by atoms with E-state index in [1.165, 1.54) is 5.75 Å². The van der Waals surface area contributed by atoms with Crippen molar-refractivity contribution >= 4 is 11.8 Å². The van der Waals surface area contributed by atoms with E-state index in [-0.39, 0.29) is 0 Å². The Balaban J connectivity index is 2.26. The zero-order valence-corrected chi connectivity index (χ0v) is 8.48. The van der Waals surface area contributed by atoms with Crippen molar-refractivity contribution in [3.05, 3.63) is 0 Å². The molecule has 0 bridgehead atoms. The molecule has 1 heterocycles. The van der Waals surface area contributed by atoms with E-state index < -0.39 is 0 Å². The molecule has 0 aromatic rings. The second-order valence-electron chi connectivity index (χ2n) is 2.99. The van der Waals surface area contributed by atoms with Crippen molar-refractivity contribution in [2.24, 2.45) is 5.73 Å². The number of hydrogen-bond donors (Lipinski definition) is 1. The summed E-state index contributed by atoms with van der Waals surface area (Å²) in [5.41, 5.74) is 5.64. The first-order valence-corrected chi connectivity index (χ1v) is 5.78. The fourth-order valence-electron chi connectivity index (χ4n) is 1.41. The Kier molecular flexibility index (Phi) is 4.99. The van der Waals surface area contributed by atoms with Gasteiger partial charge in [0.15, 0.2) is 0 Å². The van der Waals surface area contributed by atoms with Gasteiger partial charge >= 0.3 is 0 Å². The van der Waals surface area contributed by atoms with Gasteiger partial charge in [-0.25, -0.2) is 0 Å². The zero-order chi connectivity index (χ0) is 8.81. The summed E-state index contributed by atoms with van der Waals surface area (Å²) in [6.07, 6.45) is 2.14. The molecular weight excluding hydrogens is 172 g/mol. The highest BCUT2D eigenvalue weighted by Gasteiger charge is 2.20. The monoisotopic (exact) mass is 190 g/mol. The fourth-order valence-corrected chi connectivity index (χ4v) is 1.83. The third kappa shape index (κ3) is 2.94. The first-order valence-electron chi connectivity index (χ1n) is 4.39. The van der Waals surface area contributed by atoms with E-state index in [1.807, 2.05) is 11.8 Å². The number of ether oxygens (including phenoxy) is 1. The molecule has 72 valence electrons. The summed E-state index contributed by atoms with van der Waals surface area (Å²) in [5, 5.41) is 0. The van der Waals surface area contributed by atoms with Crippen LogP contribution in [0.5, 0.6) is 0 Å². The second kappa shape index (κ2) is 5.80. The van der Waals surface area contributed by atoms with Crippen LogP contribution in [0.2, 0.25) is 0 Å². The summed E-state index contributed by atoms with van der Waals surface area (Å²) >= 11 is 1.88. The molecule has 0 saturated carbocycles. The molecule has 4 heteroatoms. The Hall–Kier alpha value is 0.230. The molecule has 1 unspecified atom stereocenters. The van der Waals surface area contributed by atoms with Gasteiger partial charge in [-0.05, 0) is 6.26 Å². The van der Waals surface area contributed by atoms with E-state index in [9.17, 15) is 0 Å². The third-order valence-electron chi connectivity index (χ3n) is 2.20. The minimum Gasteiger partial charge on any atom is -0.378 e. The quantitative estimate of drug-likeness (QED) is 0.678. The number of rotatable bonds is 4. The Labute approximate surface area is 78.6 Å². The SMILES string of the molecule is CSCCN1CCOCC1CN. The van der Waals surface area contributed by atoms with Gasteiger partial charge in [0.2, 0.25) is 0 Å². The Bertz CT molecular complexity index is 124. The highest BCUT2D eigenvalue weighted by atomic mass is 32.2. The molecule has 1 rings (SSSR count). The van der Waals surface area contributed by atoms with Gasteiger partial charge in [0.1, 0.15) is 0 Å². The van der Waals surface area contributed by atoms with Crippen LogP contribution in [0.25, 0.3) is 0 Å². The van der Waals surface area contributed by atoms with Crippen LogP contribution in [0.4, 0.5) is 0 Å². The summed E-state index contributed by atoms with van der Waals surface area (Å²) in [4.78, 5) is 2.43. The lowest BCUT2D eigenvalue weighted by Gasteiger charge is -2.34. The van der Waals surface area contributed by atoms with Gasteiger partial charge in [0.05, 0.1) is 13.2 Å². The van der Waals surface area contributed by atoms with Crippen LogP contribution < -0.4 is 5.73 Å². The summed E-state index contributed by atoms with van der Waals surface area (Å²) in [7, 11) is 0. The molecule has 0 amide bonds. The van der Waals surface area contributed by atoms with Gasteiger partial charge in [-0.2, -0.15) is 11.8 Å². The molecule has 1 aliphatic rings. The Morgan fingerprint density at radius 3 is 3.17 bits per heavy atom. The fraction of sp³-hybridized carbons (Fsp3) is 1.00. The molecule has 3 nitrogen and oxygen atoms in total. The lowest BCUT2D eigenvalue weighted by atomic mass is 10.2. The van der Waals surface area contributed by atoms with Crippen LogP contribution in [0, 0.1) is 0 Å². The minimum atomic E-state index is 0.450. The first kappa shape index (κ1) is 10.3. The molecule has 1 saturated heterocycles. The number of morpholine rings is 1. The predicted octanol–water partition coefficient (Wildman–Crippen LogP) is 0.00890. The van der Waals surface area contributed by atoms with Gasteiger partial charge in [-0.1, -0.05) is 0 Å². The van der Waals surface area contributed by atoms with Crippen LogP contribution in [-0.2, 0) is 4.74 Å². The average molecular weight is 190 g/mol. The lowest BCUT2D eigenvalue weighted by Crippen LogP contribution is -2.50. The molecule has 1 fully saturated rings. The van der Waals surface area contributed by atoms with Gasteiger partial charge in [-0.3, -0.25) is 4.90 Å². The maximum Gasteiger partial charge on any atom is 0.0634 e. The third-order valence-corrected chi connectivity index (χ3v) is 2.79. The van der Waals surface area contributed by atoms with E-state index in [2.05, 4.69) is 11.2 Å². The summed E-state index contributed by atoms with van der Waals surface area (Å²) in [5.74, 6) is 1.19. The van der Waals surface area contributed by atoms with Crippen molar-refractivity contribution in [3.63, 3.8) is 0 Å². The summed E-state index contributed by atoms with van der Waals surface area (Å²) in [6, 6.07) is 0.450. The van der Waals surface area contributed by atoms with Crippen molar-refractivity contribution in [2.75, 3.05) is 44.9 Å². The number of nitrogens with two attached hydrogens (primary N) is 1. The average Bonchev–Trinajstić information content (AvgIpc) is 2.15. The molecule has 0 aromatic carbocycles. The number of hydrogen-bond acceptors (Lipinski definition) is 4. The molecule has 12 heavy (non-hydrogen) atoms. The highest BCUT2D eigenvalue weighted by Crippen LogP contribution is 2.06. The normalized spacial score (nSPS) is 26.0. The van der Waals surface area contributed by atoms with Crippen LogP contribution in [0.15, 0.2) is 0 Å². The van der Waals surface area contributed by atoms with Crippen molar-refractivity contribution in [2.45, 2.75) is 6.04 Å². The van der Waals surface area contributed by atoms with Crippen molar-refractivity contribution in [1.29, 1.82) is 0 Å². The van der Waals surface area contributed by atoms with E-state index in [0.29, 0.717) is 12.6 Å². The van der Waals surface area contributed by atoms with E-state index in [0.717, 1.165) is 26.3 Å².